The Balaban J connectivity index is 0.977. The zero-order valence-electron chi connectivity index (χ0n) is 25.9. The maximum Gasteiger partial charge on any atom is 0.255 e. The number of nitrogens with one attached hydrogen (secondary N) is 2. The van der Waals surface area contributed by atoms with E-state index in [0.29, 0.717) is 33.9 Å². The van der Waals surface area contributed by atoms with E-state index >= 15 is 0 Å². The summed E-state index contributed by atoms with van der Waals surface area (Å²) in [7, 11) is 1.57. The number of ether oxygens (including phenoxy) is 1. The van der Waals surface area contributed by atoms with Crippen molar-refractivity contribution < 1.29 is 14.6 Å². The van der Waals surface area contributed by atoms with Gasteiger partial charge in [0, 0.05) is 68.1 Å². The number of phenolic OH excluding ortho intramolecular Hbond substituents is 1. The van der Waals surface area contributed by atoms with Crippen molar-refractivity contribution in [3.63, 3.8) is 0 Å². The molecule has 3 aromatic carbocycles. The van der Waals surface area contributed by atoms with Gasteiger partial charge in [0.15, 0.2) is 0 Å². The van der Waals surface area contributed by atoms with E-state index in [1.165, 1.54) is 5.56 Å². The third-order valence-electron chi connectivity index (χ3n) is 8.41. The highest BCUT2D eigenvalue weighted by atomic mass is 16.5. The largest absolute Gasteiger partial charge is 0.507 e. The quantitative estimate of drug-likeness (QED) is 0.193. The zero-order valence-corrected chi connectivity index (χ0v) is 25.9. The number of aromatic amines is 1. The first kappa shape index (κ1) is 29.9. The molecule has 11 heteroatoms. The first-order valence-corrected chi connectivity index (χ1v) is 15.5. The van der Waals surface area contributed by atoms with Crippen molar-refractivity contribution in [1.82, 2.24) is 29.8 Å². The number of fused-ring (bicyclic) bond motifs is 1. The monoisotopic (exact) mass is 626 g/mol. The Hall–Kier alpha value is -5.81. The molecule has 0 unspecified atom stereocenters. The van der Waals surface area contributed by atoms with Crippen LogP contribution >= 0.6 is 0 Å². The SMILES string of the molecule is COc1ncccc1-c1ccc(O)c(-c2nc3ccc(C(=O)Nc4ccc(CCN5CCN(c6ncccn6)CC5)cc4)cc3[nH]2)c1. The highest BCUT2D eigenvalue weighted by Crippen LogP contribution is 2.35. The number of carbonyl (C=O) groups is 1. The molecule has 0 saturated carbocycles. The lowest BCUT2D eigenvalue weighted by Crippen LogP contribution is -2.47. The van der Waals surface area contributed by atoms with E-state index in [-0.39, 0.29) is 11.7 Å². The molecule has 0 spiro atoms. The zero-order chi connectivity index (χ0) is 32.2. The van der Waals surface area contributed by atoms with Crippen molar-refractivity contribution >= 4 is 28.6 Å². The average Bonchev–Trinajstić information content (AvgIpc) is 3.55. The number of amides is 1. The molecule has 0 aliphatic carbocycles. The summed E-state index contributed by atoms with van der Waals surface area (Å²) in [6.45, 7) is 4.75. The molecule has 7 rings (SSSR count). The molecular formula is C36H34N8O3. The van der Waals surface area contributed by atoms with Gasteiger partial charge in [-0.15, -0.1) is 0 Å². The Morgan fingerprint density at radius 3 is 2.47 bits per heavy atom. The number of pyridine rings is 1. The first-order chi connectivity index (χ1) is 23.0. The lowest BCUT2D eigenvalue weighted by atomic mass is 10.0. The van der Waals surface area contributed by atoms with Gasteiger partial charge in [-0.25, -0.2) is 19.9 Å². The van der Waals surface area contributed by atoms with Crippen LogP contribution in [0.2, 0.25) is 0 Å². The van der Waals surface area contributed by atoms with Gasteiger partial charge in [-0.05, 0) is 78.2 Å². The van der Waals surface area contributed by atoms with Gasteiger partial charge in [0.1, 0.15) is 11.6 Å². The number of carbonyl (C=O) groups excluding carboxylic acids is 1. The highest BCUT2D eigenvalue weighted by Gasteiger charge is 2.19. The number of H-pyrrole nitrogens is 1. The summed E-state index contributed by atoms with van der Waals surface area (Å²) >= 11 is 0. The smallest absolute Gasteiger partial charge is 0.255 e. The number of hydrogen-bond acceptors (Lipinski definition) is 9. The fourth-order valence-corrected chi connectivity index (χ4v) is 5.82. The minimum absolute atomic E-state index is 0.0813. The van der Waals surface area contributed by atoms with Gasteiger partial charge >= 0.3 is 0 Å². The van der Waals surface area contributed by atoms with Gasteiger partial charge in [0.25, 0.3) is 5.91 Å². The van der Waals surface area contributed by atoms with Crippen LogP contribution in [0.5, 0.6) is 11.6 Å². The van der Waals surface area contributed by atoms with Crippen molar-refractivity contribution in [2.45, 2.75) is 6.42 Å². The van der Waals surface area contributed by atoms with Crippen molar-refractivity contribution in [2.75, 3.05) is 50.1 Å². The number of piperazine rings is 1. The highest BCUT2D eigenvalue weighted by molar-refractivity contribution is 6.06. The number of methoxy groups -OCH3 is 1. The molecule has 3 N–H and O–H groups in total. The van der Waals surface area contributed by atoms with Crippen LogP contribution in [0.25, 0.3) is 33.5 Å². The van der Waals surface area contributed by atoms with E-state index in [1.54, 1.807) is 56.0 Å². The van der Waals surface area contributed by atoms with E-state index in [2.05, 4.69) is 52.2 Å². The van der Waals surface area contributed by atoms with Crippen molar-refractivity contribution in [3.8, 4) is 34.1 Å². The molecular weight excluding hydrogens is 592 g/mol. The molecule has 0 atom stereocenters. The summed E-state index contributed by atoms with van der Waals surface area (Å²) in [6.07, 6.45) is 6.17. The van der Waals surface area contributed by atoms with E-state index < -0.39 is 0 Å². The van der Waals surface area contributed by atoms with Gasteiger partial charge in [-0.3, -0.25) is 9.69 Å². The van der Waals surface area contributed by atoms with Crippen LogP contribution in [0.4, 0.5) is 11.6 Å². The molecule has 0 bridgehead atoms. The van der Waals surface area contributed by atoms with Gasteiger partial charge in [0.05, 0.1) is 23.7 Å². The number of nitrogens with zero attached hydrogens (tertiary/aromatic N) is 6. The Labute approximate surface area is 271 Å². The summed E-state index contributed by atoms with van der Waals surface area (Å²) in [6, 6.07) is 24.2. The second kappa shape index (κ2) is 13.3. The van der Waals surface area contributed by atoms with Gasteiger partial charge in [-0.1, -0.05) is 18.2 Å². The molecule has 11 nitrogen and oxygen atoms in total. The predicted molar refractivity (Wildman–Crippen MR) is 182 cm³/mol. The fraction of sp³-hybridized carbons (Fsp3) is 0.194. The molecule has 1 aliphatic heterocycles. The molecule has 6 aromatic rings. The third-order valence-corrected chi connectivity index (χ3v) is 8.41. The van der Waals surface area contributed by atoms with Gasteiger partial charge < -0.3 is 25.0 Å². The van der Waals surface area contributed by atoms with Crippen LogP contribution in [-0.4, -0.2) is 80.7 Å². The van der Waals surface area contributed by atoms with E-state index in [9.17, 15) is 9.90 Å². The normalized spacial score (nSPS) is 13.5. The number of hydrogen-bond donors (Lipinski definition) is 3. The van der Waals surface area contributed by atoms with Crippen molar-refractivity contribution in [2.24, 2.45) is 0 Å². The number of aromatic hydroxyl groups is 1. The van der Waals surface area contributed by atoms with Crippen LogP contribution in [0.1, 0.15) is 15.9 Å². The summed E-state index contributed by atoms with van der Waals surface area (Å²) in [5, 5.41) is 13.7. The standard InChI is InChI=1S/C36H34N8O3/c1-47-35-28(4-2-14-37-35)25-8-12-32(45)29(22-25)33-41-30-11-7-26(23-31(30)42-33)34(46)40-27-9-5-24(6-10-27)13-17-43-18-20-44(21-19-43)36-38-15-3-16-39-36/h2-12,14-16,22-23,45H,13,17-21H2,1H3,(H,40,46)(H,41,42). The third kappa shape index (κ3) is 6.61. The summed E-state index contributed by atoms with van der Waals surface area (Å²) < 4.78 is 5.41. The Bertz CT molecular complexity index is 2010. The predicted octanol–water partition coefficient (Wildman–Crippen LogP) is 5.41. The number of phenols is 1. The van der Waals surface area contributed by atoms with Crippen LogP contribution in [0, 0.1) is 0 Å². The molecule has 47 heavy (non-hydrogen) atoms. The lowest BCUT2D eigenvalue weighted by Gasteiger charge is -2.34. The molecule has 3 aromatic heterocycles. The first-order valence-electron chi connectivity index (χ1n) is 15.5. The van der Waals surface area contributed by atoms with Crippen LogP contribution in [0.15, 0.2) is 97.5 Å². The minimum atomic E-state index is -0.218. The van der Waals surface area contributed by atoms with Crippen molar-refractivity contribution in [3.05, 3.63) is 109 Å². The molecule has 4 heterocycles. The molecule has 1 saturated heterocycles. The van der Waals surface area contributed by atoms with E-state index in [4.69, 9.17) is 4.74 Å². The Morgan fingerprint density at radius 1 is 0.894 bits per heavy atom. The second-order valence-electron chi connectivity index (χ2n) is 11.4. The van der Waals surface area contributed by atoms with Crippen LogP contribution in [-0.2, 0) is 6.42 Å². The number of aromatic nitrogens is 5. The lowest BCUT2D eigenvalue weighted by molar-refractivity contribution is 0.102. The molecule has 0 radical (unpaired) electrons. The second-order valence-corrected chi connectivity index (χ2v) is 11.4. The summed E-state index contributed by atoms with van der Waals surface area (Å²) in [4.78, 5) is 38.8. The molecule has 1 aliphatic rings. The average molecular weight is 627 g/mol. The van der Waals surface area contributed by atoms with E-state index in [1.807, 2.05) is 36.4 Å². The van der Waals surface area contributed by atoms with Crippen molar-refractivity contribution in [1.29, 1.82) is 0 Å². The Morgan fingerprint density at radius 2 is 1.68 bits per heavy atom. The van der Waals surface area contributed by atoms with E-state index in [0.717, 1.165) is 61.9 Å². The maximum absolute atomic E-state index is 13.2. The molecule has 236 valence electrons. The number of rotatable bonds is 9. The summed E-state index contributed by atoms with van der Waals surface area (Å²) in [5.41, 5.74) is 5.96. The topological polar surface area (TPSA) is 132 Å². The number of anilines is 2. The summed E-state index contributed by atoms with van der Waals surface area (Å²) in [5.74, 6) is 1.64. The number of imidazole rings is 1. The van der Waals surface area contributed by atoms with Gasteiger partial charge in [-0.2, -0.15) is 0 Å². The number of benzene rings is 3. The molecule has 1 fully saturated rings. The fourth-order valence-electron chi connectivity index (χ4n) is 5.82. The van der Waals surface area contributed by atoms with Gasteiger partial charge in [0.2, 0.25) is 11.8 Å². The minimum Gasteiger partial charge on any atom is -0.507 e. The van der Waals surface area contributed by atoms with Crippen LogP contribution < -0.4 is 15.0 Å². The maximum atomic E-state index is 13.2. The van der Waals surface area contributed by atoms with Crippen LogP contribution in [0.3, 0.4) is 0 Å². The molecule has 1 amide bonds. The Kier molecular flexibility index (Phi) is 8.44.